The summed E-state index contributed by atoms with van der Waals surface area (Å²) >= 11 is 0. The van der Waals surface area contributed by atoms with Gasteiger partial charge in [-0.1, -0.05) is 0 Å². The highest BCUT2D eigenvalue weighted by molar-refractivity contribution is 5.93. The predicted molar refractivity (Wildman–Crippen MR) is 73.6 cm³/mol. The van der Waals surface area contributed by atoms with E-state index in [4.69, 9.17) is 11.5 Å². The van der Waals surface area contributed by atoms with Gasteiger partial charge in [-0.25, -0.2) is 0 Å². The van der Waals surface area contributed by atoms with Gasteiger partial charge in [0.05, 0.1) is 0 Å². The number of primary amides is 1. The third-order valence-corrected chi connectivity index (χ3v) is 3.61. The highest BCUT2D eigenvalue weighted by atomic mass is 16.1. The molecule has 0 bridgehead atoms. The lowest BCUT2D eigenvalue weighted by molar-refractivity contribution is 0.100. The van der Waals surface area contributed by atoms with E-state index in [0.29, 0.717) is 11.6 Å². The van der Waals surface area contributed by atoms with Crippen molar-refractivity contribution >= 4 is 11.6 Å². The van der Waals surface area contributed by atoms with Gasteiger partial charge in [0.25, 0.3) is 0 Å². The molecular weight excluding hydrogens is 226 g/mol. The van der Waals surface area contributed by atoms with Crippen molar-refractivity contribution < 1.29 is 4.79 Å². The summed E-state index contributed by atoms with van der Waals surface area (Å²) in [4.78, 5) is 13.5. The lowest BCUT2D eigenvalue weighted by Crippen LogP contribution is -2.40. The van der Waals surface area contributed by atoms with Gasteiger partial charge >= 0.3 is 0 Å². The van der Waals surface area contributed by atoms with Crippen molar-refractivity contribution in [3.63, 3.8) is 0 Å². The number of carbonyl (C=O) groups excluding carboxylic acids is 1. The first-order valence-corrected chi connectivity index (χ1v) is 6.59. The maximum absolute atomic E-state index is 11.0. The van der Waals surface area contributed by atoms with Gasteiger partial charge in [-0.15, -0.1) is 0 Å². The van der Waals surface area contributed by atoms with Gasteiger partial charge in [0.15, 0.2) is 0 Å². The van der Waals surface area contributed by atoms with Gasteiger partial charge in [0.1, 0.15) is 0 Å². The average Bonchev–Trinajstić information content (AvgIpc) is 2.40. The van der Waals surface area contributed by atoms with E-state index in [9.17, 15) is 4.79 Å². The first-order chi connectivity index (χ1) is 8.72. The van der Waals surface area contributed by atoms with Crippen LogP contribution < -0.4 is 16.4 Å². The minimum absolute atomic E-state index is 0.376. The first-order valence-electron chi connectivity index (χ1n) is 6.59. The van der Waals surface area contributed by atoms with E-state index in [1.807, 2.05) is 12.1 Å². The van der Waals surface area contributed by atoms with Gasteiger partial charge < -0.3 is 16.4 Å². The highest BCUT2D eigenvalue weighted by Gasteiger charge is 2.21. The second kappa shape index (κ2) is 5.87. The lowest BCUT2D eigenvalue weighted by Gasteiger charge is -2.37. The summed E-state index contributed by atoms with van der Waals surface area (Å²) in [7, 11) is 0. The maximum Gasteiger partial charge on any atom is 0.248 e. The smallest absolute Gasteiger partial charge is 0.248 e. The van der Waals surface area contributed by atoms with E-state index in [-0.39, 0.29) is 5.91 Å². The molecule has 0 radical (unpaired) electrons. The Morgan fingerprint density at radius 2 is 2.00 bits per heavy atom. The molecule has 0 aromatic heterocycles. The molecule has 0 aliphatic carbocycles. The van der Waals surface area contributed by atoms with Crippen LogP contribution in [0.5, 0.6) is 0 Å². The van der Waals surface area contributed by atoms with Crippen LogP contribution in [0.1, 0.15) is 36.0 Å². The van der Waals surface area contributed by atoms with E-state index >= 15 is 0 Å². The number of nitrogens with two attached hydrogens (primary N) is 2. The molecule has 1 aromatic rings. The molecule has 0 spiro atoms. The van der Waals surface area contributed by atoms with Crippen LogP contribution in [0.3, 0.4) is 0 Å². The summed E-state index contributed by atoms with van der Waals surface area (Å²) < 4.78 is 0. The zero-order valence-corrected chi connectivity index (χ0v) is 10.6. The van der Waals surface area contributed by atoms with Crippen LogP contribution in [0, 0.1) is 0 Å². The highest BCUT2D eigenvalue weighted by Crippen LogP contribution is 2.26. The molecule has 4 heteroatoms. The summed E-state index contributed by atoms with van der Waals surface area (Å²) in [6, 6.07) is 8.09. The Labute approximate surface area is 108 Å². The number of amides is 1. The quantitative estimate of drug-likeness (QED) is 0.846. The minimum atomic E-state index is -0.376. The van der Waals surface area contributed by atoms with Crippen LogP contribution >= 0.6 is 0 Å². The molecule has 0 saturated carbocycles. The topological polar surface area (TPSA) is 72.3 Å². The van der Waals surface area contributed by atoms with Crippen LogP contribution in [-0.4, -0.2) is 25.0 Å². The number of rotatable bonds is 4. The van der Waals surface area contributed by atoms with Crippen molar-refractivity contribution in [2.75, 3.05) is 18.0 Å². The monoisotopic (exact) mass is 247 g/mol. The van der Waals surface area contributed by atoms with Crippen LogP contribution in [0.25, 0.3) is 0 Å². The Morgan fingerprint density at radius 3 is 2.61 bits per heavy atom. The molecule has 4 N–H and O–H groups in total. The SMILES string of the molecule is NCCC1CCCCN1c1ccc(C(N)=O)cc1. The Hall–Kier alpha value is -1.55. The summed E-state index contributed by atoms with van der Waals surface area (Å²) in [6.45, 7) is 1.79. The zero-order valence-electron chi connectivity index (χ0n) is 10.6. The standard InChI is InChI=1S/C14H21N3O/c15-9-8-12-3-1-2-10-17(12)13-6-4-11(5-7-13)14(16)18/h4-7,12H,1-3,8-10,15H2,(H2,16,18). The molecule has 1 fully saturated rings. The van der Waals surface area contributed by atoms with Crippen LogP contribution in [0.2, 0.25) is 0 Å². The molecule has 1 unspecified atom stereocenters. The van der Waals surface area contributed by atoms with Gasteiger partial charge in [0.2, 0.25) is 5.91 Å². The molecule has 18 heavy (non-hydrogen) atoms. The molecule has 2 rings (SSSR count). The summed E-state index contributed by atoms with van der Waals surface area (Å²) in [5.41, 5.74) is 12.7. The number of piperidine rings is 1. The van der Waals surface area contributed by atoms with Gasteiger partial charge in [0, 0.05) is 23.8 Å². The largest absolute Gasteiger partial charge is 0.369 e. The molecule has 1 aliphatic rings. The van der Waals surface area contributed by atoms with Crippen LogP contribution in [0.4, 0.5) is 5.69 Å². The van der Waals surface area contributed by atoms with Crippen molar-refractivity contribution in [3.05, 3.63) is 29.8 Å². The fourth-order valence-corrected chi connectivity index (χ4v) is 2.65. The van der Waals surface area contributed by atoms with Gasteiger partial charge in [-0.2, -0.15) is 0 Å². The number of nitrogens with zero attached hydrogens (tertiary/aromatic N) is 1. The summed E-state index contributed by atoms with van der Waals surface area (Å²) in [5.74, 6) is -0.376. The molecule has 1 amide bonds. The molecule has 1 atom stereocenters. The number of hydrogen-bond donors (Lipinski definition) is 2. The number of anilines is 1. The third kappa shape index (κ3) is 2.82. The second-order valence-corrected chi connectivity index (χ2v) is 4.83. The Balaban J connectivity index is 2.15. The van der Waals surface area contributed by atoms with Crippen molar-refractivity contribution in [1.82, 2.24) is 0 Å². The molecule has 98 valence electrons. The lowest BCUT2D eigenvalue weighted by atomic mass is 9.98. The third-order valence-electron chi connectivity index (χ3n) is 3.61. The Morgan fingerprint density at radius 1 is 1.28 bits per heavy atom. The zero-order chi connectivity index (χ0) is 13.0. The van der Waals surface area contributed by atoms with Crippen LogP contribution in [0.15, 0.2) is 24.3 Å². The molecular formula is C14H21N3O. The van der Waals surface area contributed by atoms with E-state index in [1.165, 1.54) is 19.3 Å². The summed E-state index contributed by atoms with van der Waals surface area (Å²) in [5, 5.41) is 0. The van der Waals surface area contributed by atoms with Gasteiger partial charge in [-0.05, 0) is 56.5 Å². The van der Waals surface area contributed by atoms with Gasteiger partial charge in [-0.3, -0.25) is 4.79 Å². The minimum Gasteiger partial charge on any atom is -0.369 e. The van der Waals surface area contributed by atoms with E-state index in [0.717, 1.165) is 25.2 Å². The molecule has 1 aliphatic heterocycles. The van der Waals surface area contributed by atoms with Crippen molar-refractivity contribution in [1.29, 1.82) is 0 Å². The molecule has 1 aromatic carbocycles. The maximum atomic E-state index is 11.0. The summed E-state index contributed by atoms with van der Waals surface area (Å²) in [6.07, 6.45) is 4.73. The Kier molecular flexibility index (Phi) is 4.20. The van der Waals surface area contributed by atoms with Crippen molar-refractivity contribution in [2.24, 2.45) is 11.5 Å². The number of hydrogen-bond acceptors (Lipinski definition) is 3. The van der Waals surface area contributed by atoms with Crippen molar-refractivity contribution in [2.45, 2.75) is 31.7 Å². The fraction of sp³-hybridized carbons (Fsp3) is 0.500. The van der Waals surface area contributed by atoms with Crippen molar-refractivity contribution in [3.8, 4) is 0 Å². The number of carbonyl (C=O) groups is 1. The molecule has 4 nitrogen and oxygen atoms in total. The molecule has 1 heterocycles. The first kappa shape index (κ1) is 12.9. The normalized spacial score (nSPS) is 19.8. The fourth-order valence-electron chi connectivity index (χ4n) is 2.65. The van der Waals surface area contributed by atoms with Crippen LogP contribution in [-0.2, 0) is 0 Å². The second-order valence-electron chi connectivity index (χ2n) is 4.83. The van der Waals surface area contributed by atoms with E-state index < -0.39 is 0 Å². The number of benzene rings is 1. The average molecular weight is 247 g/mol. The molecule has 1 saturated heterocycles. The predicted octanol–water partition coefficient (Wildman–Crippen LogP) is 1.49. The van der Waals surface area contributed by atoms with E-state index in [2.05, 4.69) is 4.90 Å². The van der Waals surface area contributed by atoms with E-state index in [1.54, 1.807) is 12.1 Å². The Bertz CT molecular complexity index is 400.